The second-order valence-electron chi connectivity index (χ2n) is 8.22. The predicted molar refractivity (Wildman–Crippen MR) is 107 cm³/mol. The first-order valence-electron chi connectivity index (χ1n) is 10.1. The van der Waals surface area contributed by atoms with Crippen LogP contribution in [0.25, 0.3) is 0 Å². The molecule has 3 aliphatic rings. The summed E-state index contributed by atoms with van der Waals surface area (Å²) in [4.78, 5) is 27.5. The molecule has 6 nitrogen and oxygen atoms in total. The molecule has 0 radical (unpaired) electrons. The molecule has 156 valence electrons. The molecule has 5 rings (SSSR count). The van der Waals surface area contributed by atoms with E-state index in [-0.39, 0.29) is 40.2 Å². The number of halogens is 1. The number of fused-ring (bicyclic) bond motifs is 3. The van der Waals surface area contributed by atoms with Crippen LogP contribution in [0.3, 0.4) is 0 Å². The molecule has 2 saturated heterocycles. The fourth-order valence-electron chi connectivity index (χ4n) is 5.18. The van der Waals surface area contributed by atoms with E-state index in [0.29, 0.717) is 4.31 Å². The number of rotatable bonds is 3. The average Bonchev–Trinajstić information content (AvgIpc) is 3.11. The second-order valence-corrected chi connectivity index (χ2v) is 10.0. The quantitative estimate of drug-likeness (QED) is 0.754. The van der Waals surface area contributed by atoms with Gasteiger partial charge in [-0.3, -0.25) is 9.59 Å². The van der Waals surface area contributed by atoms with Gasteiger partial charge in [0.05, 0.1) is 5.56 Å². The molecule has 0 N–H and O–H groups in total. The fraction of sp³-hybridized carbons (Fsp3) is 0.364. The molecule has 3 aliphatic heterocycles. The van der Waals surface area contributed by atoms with Crippen molar-refractivity contribution in [3.8, 4) is 0 Å². The molecule has 2 bridgehead atoms. The Hall–Kier alpha value is -2.74. The van der Waals surface area contributed by atoms with E-state index >= 15 is 0 Å². The normalized spacial score (nSPS) is 26.7. The van der Waals surface area contributed by atoms with Crippen molar-refractivity contribution in [2.75, 3.05) is 6.54 Å². The molecule has 3 atom stereocenters. The highest BCUT2D eigenvalue weighted by atomic mass is 32.2. The molecule has 2 amide bonds. The number of sulfonamides is 1. The summed E-state index contributed by atoms with van der Waals surface area (Å²) >= 11 is 0. The third kappa shape index (κ3) is 2.93. The minimum atomic E-state index is -4.00. The number of carbonyl (C=O) groups is 2. The van der Waals surface area contributed by atoms with Gasteiger partial charge < -0.3 is 4.90 Å². The van der Waals surface area contributed by atoms with Crippen LogP contribution in [0.1, 0.15) is 47.5 Å². The van der Waals surface area contributed by atoms with Gasteiger partial charge in [0.15, 0.2) is 0 Å². The first kappa shape index (κ1) is 19.2. The van der Waals surface area contributed by atoms with E-state index in [1.54, 1.807) is 29.2 Å². The molecule has 30 heavy (non-hydrogen) atoms. The summed E-state index contributed by atoms with van der Waals surface area (Å²) in [5, 5.41) is 0. The Kier molecular flexibility index (Phi) is 4.43. The second kappa shape index (κ2) is 6.91. The lowest BCUT2D eigenvalue weighted by molar-refractivity contribution is -0.135. The minimum Gasteiger partial charge on any atom is -0.335 e. The molecule has 0 aliphatic carbocycles. The molecule has 2 aromatic rings. The van der Waals surface area contributed by atoms with E-state index in [0.717, 1.165) is 31.2 Å². The summed E-state index contributed by atoms with van der Waals surface area (Å²) < 4.78 is 39.5. The third-order valence-electron chi connectivity index (χ3n) is 6.55. The number of carbonyl (C=O) groups excluding carboxylic acids is 2. The predicted octanol–water partition coefficient (Wildman–Crippen LogP) is 2.91. The highest BCUT2D eigenvalue weighted by molar-refractivity contribution is 7.90. The Bertz CT molecular complexity index is 1120. The topological polar surface area (TPSA) is 74.8 Å². The van der Waals surface area contributed by atoms with Crippen molar-refractivity contribution in [3.63, 3.8) is 0 Å². The van der Waals surface area contributed by atoms with Crippen molar-refractivity contribution in [1.82, 2.24) is 9.21 Å². The van der Waals surface area contributed by atoms with Crippen LogP contribution in [0.5, 0.6) is 0 Å². The van der Waals surface area contributed by atoms with E-state index in [4.69, 9.17) is 0 Å². The Morgan fingerprint density at radius 2 is 1.63 bits per heavy atom. The van der Waals surface area contributed by atoms with Crippen LogP contribution in [-0.4, -0.2) is 48.1 Å². The summed E-state index contributed by atoms with van der Waals surface area (Å²) in [5.41, 5.74) is 1.18. The maximum absolute atomic E-state index is 13.2. The van der Waals surface area contributed by atoms with Gasteiger partial charge in [-0.25, -0.2) is 17.1 Å². The van der Waals surface area contributed by atoms with Gasteiger partial charge in [0, 0.05) is 12.1 Å². The number of benzene rings is 2. The Labute approximate surface area is 174 Å². The summed E-state index contributed by atoms with van der Waals surface area (Å²) in [5.74, 6) is -1.00. The number of hydrogen-bond donors (Lipinski definition) is 0. The SMILES string of the molecule is O=C(CN1C(=O)c2ccccc2S1(=O)=O)N1[C@@H]2CC[C@H]1CC(c1ccc(F)cc1)C2. The lowest BCUT2D eigenvalue weighted by atomic mass is 9.85. The summed E-state index contributed by atoms with van der Waals surface area (Å²) in [7, 11) is -4.00. The van der Waals surface area contributed by atoms with Crippen LogP contribution in [0.4, 0.5) is 4.39 Å². The third-order valence-corrected chi connectivity index (χ3v) is 8.34. The standard InChI is InChI=1S/C22H21FN2O4S/c23-16-7-5-14(6-8-16)15-11-17-9-10-18(12-15)25(17)21(26)13-24-22(27)19-3-1-2-4-20(19)30(24,28)29/h1-8,15,17-18H,9-13H2/t15?,17-,18+. The first-order chi connectivity index (χ1) is 14.4. The van der Waals surface area contributed by atoms with Crippen LogP contribution in [0.15, 0.2) is 53.4 Å². The van der Waals surface area contributed by atoms with E-state index in [1.165, 1.54) is 24.3 Å². The molecule has 8 heteroatoms. The molecule has 2 aromatic carbocycles. The molecular formula is C22H21FN2O4S. The largest absolute Gasteiger partial charge is 0.335 e. The average molecular weight is 428 g/mol. The maximum Gasteiger partial charge on any atom is 0.269 e. The smallest absolute Gasteiger partial charge is 0.269 e. The fourth-order valence-corrected chi connectivity index (χ4v) is 6.70. The van der Waals surface area contributed by atoms with E-state index in [1.807, 2.05) is 0 Å². The number of amides is 2. The molecule has 0 spiro atoms. The van der Waals surface area contributed by atoms with Crippen LogP contribution < -0.4 is 0 Å². The van der Waals surface area contributed by atoms with Gasteiger partial charge >= 0.3 is 0 Å². The number of nitrogens with zero attached hydrogens (tertiary/aromatic N) is 2. The van der Waals surface area contributed by atoms with Gasteiger partial charge in [0.2, 0.25) is 5.91 Å². The Morgan fingerprint density at radius 1 is 1.00 bits per heavy atom. The highest BCUT2D eigenvalue weighted by Crippen LogP contribution is 2.43. The zero-order valence-electron chi connectivity index (χ0n) is 16.2. The van der Waals surface area contributed by atoms with Gasteiger partial charge in [-0.05, 0) is 61.4 Å². The molecule has 0 aromatic heterocycles. The monoisotopic (exact) mass is 428 g/mol. The Balaban J connectivity index is 1.34. The van der Waals surface area contributed by atoms with Crippen molar-refractivity contribution in [2.24, 2.45) is 0 Å². The van der Waals surface area contributed by atoms with Crippen LogP contribution in [0, 0.1) is 5.82 Å². The van der Waals surface area contributed by atoms with Gasteiger partial charge in [0.1, 0.15) is 17.3 Å². The molecule has 2 fully saturated rings. The first-order valence-corrected chi connectivity index (χ1v) is 11.5. The summed E-state index contributed by atoms with van der Waals surface area (Å²) in [6, 6.07) is 12.6. The lowest BCUT2D eigenvalue weighted by Gasteiger charge is -2.39. The van der Waals surface area contributed by atoms with Crippen LogP contribution >= 0.6 is 0 Å². The Morgan fingerprint density at radius 3 is 2.27 bits per heavy atom. The summed E-state index contributed by atoms with van der Waals surface area (Å²) in [6.45, 7) is -0.468. The molecule has 0 saturated carbocycles. The van der Waals surface area contributed by atoms with Gasteiger partial charge in [-0.2, -0.15) is 0 Å². The van der Waals surface area contributed by atoms with Crippen molar-refractivity contribution in [2.45, 2.75) is 48.6 Å². The van der Waals surface area contributed by atoms with Crippen molar-refractivity contribution in [1.29, 1.82) is 0 Å². The number of hydrogen-bond acceptors (Lipinski definition) is 4. The van der Waals surface area contributed by atoms with E-state index in [2.05, 4.69) is 0 Å². The minimum absolute atomic E-state index is 0.00841. The lowest BCUT2D eigenvalue weighted by Crippen LogP contribution is -2.50. The van der Waals surface area contributed by atoms with Crippen molar-refractivity contribution < 1.29 is 22.4 Å². The van der Waals surface area contributed by atoms with Crippen LogP contribution in [0.2, 0.25) is 0 Å². The molecular weight excluding hydrogens is 407 g/mol. The maximum atomic E-state index is 13.2. The van der Waals surface area contributed by atoms with Gasteiger partial charge in [0.25, 0.3) is 15.9 Å². The van der Waals surface area contributed by atoms with Crippen molar-refractivity contribution >= 4 is 21.8 Å². The van der Waals surface area contributed by atoms with Crippen molar-refractivity contribution in [3.05, 3.63) is 65.5 Å². The zero-order valence-corrected chi connectivity index (χ0v) is 17.0. The van der Waals surface area contributed by atoms with Gasteiger partial charge in [-0.1, -0.05) is 24.3 Å². The molecule has 1 unspecified atom stereocenters. The van der Waals surface area contributed by atoms with E-state index < -0.39 is 22.5 Å². The van der Waals surface area contributed by atoms with Crippen LogP contribution in [-0.2, 0) is 14.8 Å². The summed E-state index contributed by atoms with van der Waals surface area (Å²) in [6.07, 6.45) is 3.23. The van der Waals surface area contributed by atoms with Gasteiger partial charge in [-0.15, -0.1) is 0 Å². The molecule has 3 heterocycles. The van der Waals surface area contributed by atoms with E-state index in [9.17, 15) is 22.4 Å². The number of piperidine rings is 1. The highest BCUT2D eigenvalue weighted by Gasteiger charge is 2.47. The zero-order chi connectivity index (χ0) is 21.0.